The van der Waals surface area contributed by atoms with Crippen molar-refractivity contribution in [3.8, 4) is 22.9 Å². The topological polar surface area (TPSA) is 84.7 Å². The minimum atomic E-state index is -0.342. The first-order valence-electron chi connectivity index (χ1n) is 5.36. The molecule has 3 aromatic rings. The van der Waals surface area contributed by atoms with Gasteiger partial charge < -0.3 is 9.40 Å². The molecule has 0 fully saturated rings. The molecule has 0 aromatic carbocycles. The number of H-pyrrole nitrogens is 1. The van der Waals surface area contributed by atoms with Crippen molar-refractivity contribution in [2.75, 3.05) is 0 Å². The first kappa shape index (κ1) is 11.6. The molecule has 19 heavy (non-hydrogen) atoms. The van der Waals surface area contributed by atoms with E-state index < -0.39 is 0 Å². The van der Waals surface area contributed by atoms with E-state index in [1.165, 1.54) is 12.3 Å². The number of nitrogens with one attached hydrogen (secondary N) is 1. The van der Waals surface area contributed by atoms with Crippen LogP contribution in [-0.2, 0) is 0 Å². The fourth-order valence-corrected chi connectivity index (χ4v) is 1.72. The highest BCUT2D eigenvalue weighted by Crippen LogP contribution is 2.22. The van der Waals surface area contributed by atoms with Gasteiger partial charge in [-0.1, -0.05) is 11.6 Å². The Morgan fingerprint density at radius 1 is 1.26 bits per heavy atom. The molecule has 0 amide bonds. The molecule has 0 unspecified atom stereocenters. The molecule has 94 valence electrons. The molecule has 7 heteroatoms. The first-order valence-corrected chi connectivity index (χ1v) is 5.74. The molecular weight excluding hydrogens is 268 g/mol. The maximum absolute atomic E-state index is 11.7. The van der Waals surface area contributed by atoms with Gasteiger partial charge in [-0.25, -0.2) is 0 Å². The Bertz CT molecular complexity index is 767. The van der Waals surface area contributed by atoms with Crippen LogP contribution < -0.4 is 5.56 Å². The summed E-state index contributed by atoms with van der Waals surface area (Å²) in [6.45, 7) is 0. The van der Waals surface area contributed by atoms with Gasteiger partial charge in [-0.2, -0.15) is 0 Å². The van der Waals surface area contributed by atoms with Crippen molar-refractivity contribution in [2.24, 2.45) is 0 Å². The molecule has 3 rings (SSSR count). The molecular formula is C12H7ClN4O2. The van der Waals surface area contributed by atoms with Gasteiger partial charge in [0.05, 0.1) is 10.6 Å². The van der Waals surface area contributed by atoms with Crippen LogP contribution >= 0.6 is 11.6 Å². The summed E-state index contributed by atoms with van der Waals surface area (Å²) in [5.41, 5.74) is 0.570. The van der Waals surface area contributed by atoms with Gasteiger partial charge in [0, 0.05) is 18.6 Å². The number of hydrogen-bond acceptors (Lipinski definition) is 5. The lowest BCUT2D eigenvalue weighted by molar-refractivity contribution is 0.583. The van der Waals surface area contributed by atoms with Gasteiger partial charge >= 0.3 is 0 Å². The molecule has 0 aliphatic rings. The van der Waals surface area contributed by atoms with E-state index in [0.29, 0.717) is 16.5 Å². The highest BCUT2D eigenvalue weighted by molar-refractivity contribution is 6.30. The second kappa shape index (κ2) is 4.66. The molecule has 1 N–H and O–H groups in total. The summed E-state index contributed by atoms with van der Waals surface area (Å²) in [5.74, 6) is 0.407. The molecule has 0 bridgehead atoms. The largest absolute Gasteiger partial charge is 0.416 e. The van der Waals surface area contributed by atoms with Gasteiger partial charge in [0.25, 0.3) is 11.4 Å². The third-order valence-corrected chi connectivity index (χ3v) is 2.65. The Morgan fingerprint density at radius 3 is 2.89 bits per heavy atom. The number of nitrogens with zero attached hydrogens (tertiary/aromatic N) is 3. The Labute approximate surface area is 112 Å². The van der Waals surface area contributed by atoms with E-state index in [0.717, 1.165) is 0 Å². The lowest BCUT2D eigenvalue weighted by Crippen LogP contribution is -2.07. The smallest absolute Gasteiger partial charge is 0.260 e. The van der Waals surface area contributed by atoms with Crippen LogP contribution in [0.4, 0.5) is 0 Å². The van der Waals surface area contributed by atoms with Crippen LogP contribution in [0.3, 0.4) is 0 Å². The van der Waals surface area contributed by atoms with Crippen molar-refractivity contribution in [2.45, 2.75) is 0 Å². The van der Waals surface area contributed by atoms with Crippen molar-refractivity contribution >= 4 is 11.6 Å². The zero-order valence-electron chi connectivity index (χ0n) is 9.50. The first-order chi connectivity index (χ1) is 9.24. The number of hydrogen-bond donors (Lipinski definition) is 1. The van der Waals surface area contributed by atoms with E-state index in [-0.39, 0.29) is 17.0 Å². The van der Waals surface area contributed by atoms with Crippen molar-refractivity contribution in [3.05, 3.63) is 52.2 Å². The molecule has 0 spiro atoms. The van der Waals surface area contributed by atoms with Crippen molar-refractivity contribution < 1.29 is 4.42 Å². The molecule has 3 aromatic heterocycles. The van der Waals surface area contributed by atoms with Crippen LogP contribution in [0.25, 0.3) is 22.9 Å². The average molecular weight is 275 g/mol. The van der Waals surface area contributed by atoms with E-state index >= 15 is 0 Å². The van der Waals surface area contributed by atoms with Gasteiger partial charge in [-0.3, -0.25) is 9.78 Å². The van der Waals surface area contributed by atoms with Gasteiger partial charge in [0.2, 0.25) is 5.89 Å². The lowest BCUT2D eigenvalue weighted by Gasteiger charge is -1.94. The molecule has 0 saturated carbocycles. The SMILES string of the molecule is O=c1[nH]cc(Cl)cc1-c1nnc(-c2cccnc2)o1. The summed E-state index contributed by atoms with van der Waals surface area (Å²) >= 11 is 5.82. The maximum atomic E-state index is 11.7. The minimum Gasteiger partial charge on any atom is -0.416 e. The zero-order chi connectivity index (χ0) is 13.2. The van der Waals surface area contributed by atoms with Gasteiger partial charge in [-0.15, -0.1) is 10.2 Å². The van der Waals surface area contributed by atoms with Gasteiger partial charge in [0.1, 0.15) is 5.56 Å². The third-order valence-electron chi connectivity index (χ3n) is 2.43. The van der Waals surface area contributed by atoms with Crippen LogP contribution in [-0.4, -0.2) is 20.2 Å². The maximum Gasteiger partial charge on any atom is 0.260 e. The Morgan fingerprint density at radius 2 is 2.11 bits per heavy atom. The monoisotopic (exact) mass is 274 g/mol. The standard InChI is InChI=1S/C12H7ClN4O2/c13-8-4-9(10(18)15-6-8)12-17-16-11(19-12)7-2-1-3-14-5-7/h1-6H,(H,15,18). The number of aromatic nitrogens is 4. The highest BCUT2D eigenvalue weighted by Gasteiger charge is 2.13. The fourth-order valence-electron chi connectivity index (χ4n) is 1.55. The predicted octanol–water partition coefficient (Wildman–Crippen LogP) is 2.14. The molecule has 0 radical (unpaired) electrons. The Kier molecular flexibility index (Phi) is 2.85. The molecule has 0 aliphatic heterocycles. The van der Waals surface area contributed by atoms with Crippen LogP contribution in [0.5, 0.6) is 0 Å². The Hall–Kier alpha value is -2.47. The minimum absolute atomic E-state index is 0.114. The van der Waals surface area contributed by atoms with Crippen LogP contribution in [0.2, 0.25) is 5.02 Å². The zero-order valence-corrected chi connectivity index (χ0v) is 10.3. The summed E-state index contributed by atoms with van der Waals surface area (Å²) < 4.78 is 5.45. The fraction of sp³-hybridized carbons (Fsp3) is 0. The van der Waals surface area contributed by atoms with E-state index in [2.05, 4.69) is 20.2 Å². The molecule has 0 aliphatic carbocycles. The highest BCUT2D eigenvalue weighted by atomic mass is 35.5. The molecule has 0 saturated heterocycles. The third kappa shape index (κ3) is 2.25. The van der Waals surface area contributed by atoms with E-state index in [1.54, 1.807) is 24.5 Å². The number of pyridine rings is 2. The van der Waals surface area contributed by atoms with E-state index in [4.69, 9.17) is 16.0 Å². The van der Waals surface area contributed by atoms with Crippen molar-refractivity contribution in [3.63, 3.8) is 0 Å². The number of rotatable bonds is 2. The quantitative estimate of drug-likeness (QED) is 0.774. The lowest BCUT2D eigenvalue weighted by atomic mass is 10.3. The van der Waals surface area contributed by atoms with Gasteiger partial charge in [-0.05, 0) is 18.2 Å². The predicted molar refractivity (Wildman–Crippen MR) is 68.6 cm³/mol. The summed E-state index contributed by atoms with van der Waals surface area (Å²) in [6.07, 6.45) is 4.63. The summed E-state index contributed by atoms with van der Waals surface area (Å²) in [4.78, 5) is 18.1. The summed E-state index contributed by atoms with van der Waals surface area (Å²) in [6, 6.07) is 5.01. The second-order valence-corrected chi connectivity index (χ2v) is 4.15. The van der Waals surface area contributed by atoms with Crippen LogP contribution in [0.1, 0.15) is 0 Å². The van der Waals surface area contributed by atoms with E-state index in [9.17, 15) is 4.79 Å². The van der Waals surface area contributed by atoms with Crippen LogP contribution in [0.15, 0.2) is 46.0 Å². The van der Waals surface area contributed by atoms with Gasteiger partial charge in [0.15, 0.2) is 0 Å². The average Bonchev–Trinajstić information content (AvgIpc) is 2.92. The molecule has 0 atom stereocenters. The van der Waals surface area contributed by atoms with E-state index in [1.807, 2.05) is 0 Å². The summed E-state index contributed by atoms with van der Waals surface area (Å²) in [7, 11) is 0. The molecule has 3 heterocycles. The normalized spacial score (nSPS) is 10.6. The van der Waals surface area contributed by atoms with Crippen molar-refractivity contribution in [1.29, 1.82) is 0 Å². The number of halogens is 1. The molecule has 6 nitrogen and oxygen atoms in total. The Balaban J connectivity index is 2.07. The van der Waals surface area contributed by atoms with Crippen molar-refractivity contribution in [1.82, 2.24) is 20.2 Å². The van der Waals surface area contributed by atoms with Crippen LogP contribution in [0, 0.1) is 0 Å². The second-order valence-electron chi connectivity index (χ2n) is 3.71. The number of aromatic amines is 1. The summed E-state index contributed by atoms with van der Waals surface area (Å²) in [5, 5.41) is 8.11.